The lowest BCUT2D eigenvalue weighted by Gasteiger charge is -2.29. The number of ether oxygens (including phenoxy) is 2. The van der Waals surface area contributed by atoms with Crippen LogP contribution in [0.15, 0.2) is 53.7 Å². The van der Waals surface area contributed by atoms with E-state index in [0.717, 1.165) is 0 Å². The van der Waals surface area contributed by atoms with Crippen LogP contribution in [0.25, 0.3) is 5.69 Å². The summed E-state index contributed by atoms with van der Waals surface area (Å²) in [6.07, 6.45) is -0.230. The molecule has 0 radical (unpaired) electrons. The van der Waals surface area contributed by atoms with Crippen molar-refractivity contribution in [2.75, 3.05) is 26.0 Å². The number of nitrogens with zero attached hydrogens (tertiary/aromatic N) is 5. The molecule has 1 aliphatic heterocycles. The number of carbonyl (C=O) groups excluding carboxylic acids is 1. The Labute approximate surface area is 171 Å². The second kappa shape index (κ2) is 8.39. The number of amides is 1. The maximum atomic E-state index is 12.5. The minimum Gasteiger partial charge on any atom is -0.508 e. The predicted octanol–water partition coefficient (Wildman–Crippen LogP) is 1.76. The van der Waals surface area contributed by atoms with Crippen molar-refractivity contribution in [3.8, 4) is 22.9 Å². The molecule has 1 aliphatic rings. The Morgan fingerprint density at radius 3 is 2.79 bits per heavy atom. The molecular formula is C19H19N5O4S. The second-order valence-electron chi connectivity index (χ2n) is 6.45. The van der Waals surface area contributed by atoms with Crippen LogP contribution >= 0.6 is 11.8 Å². The number of carbonyl (C=O) groups is 1. The van der Waals surface area contributed by atoms with Crippen LogP contribution < -0.4 is 9.47 Å². The first-order valence-electron chi connectivity index (χ1n) is 8.93. The third kappa shape index (κ3) is 4.43. The van der Waals surface area contributed by atoms with Gasteiger partial charge in [0.15, 0.2) is 17.6 Å². The van der Waals surface area contributed by atoms with Crippen LogP contribution in [-0.4, -0.2) is 68.2 Å². The van der Waals surface area contributed by atoms with Gasteiger partial charge in [-0.1, -0.05) is 23.9 Å². The van der Waals surface area contributed by atoms with E-state index in [4.69, 9.17) is 9.47 Å². The third-order valence-corrected chi connectivity index (χ3v) is 5.23. The minimum atomic E-state index is -0.230. The Kier molecular flexibility index (Phi) is 5.52. The van der Waals surface area contributed by atoms with Gasteiger partial charge in [0.05, 0.1) is 18.0 Å². The van der Waals surface area contributed by atoms with E-state index in [-0.39, 0.29) is 23.5 Å². The summed E-state index contributed by atoms with van der Waals surface area (Å²) >= 11 is 1.24. The summed E-state index contributed by atoms with van der Waals surface area (Å²) in [5.41, 5.74) is 0.697. The first-order valence-corrected chi connectivity index (χ1v) is 9.92. The Balaban J connectivity index is 1.32. The van der Waals surface area contributed by atoms with Crippen LogP contribution in [0.3, 0.4) is 0 Å². The number of aromatic nitrogens is 4. The zero-order valence-corrected chi connectivity index (χ0v) is 16.5. The van der Waals surface area contributed by atoms with Crippen molar-refractivity contribution in [3.63, 3.8) is 0 Å². The number of para-hydroxylation sites is 2. The van der Waals surface area contributed by atoms with Gasteiger partial charge in [0.1, 0.15) is 12.4 Å². The molecule has 1 amide bonds. The highest BCUT2D eigenvalue weighted by Crippen LogP contribution is 2.31. The van der Waals surface area contributed by atoms with Gasteiger partial charge in [0, 0.05) is 7.05 Å². The van der Waals surface area contributed by atoms with Crippen molar-refractivity contribution >= 4 is 17.7 Å². The van der Waals surface area contributed by atoms with Crippen LogP contribution in [0.2, 0.25) is 0 Å². The Bertz CT molecular complexity index is 994. The van der Waals surface area contributed by atoms with E-state index in [0.29, 0.717) is 35.5 Å². The number of rotatable bonds is 6. The number of tetrazole rings is 1. The van der Waals surface area contributed by atoms with Crippen molar-refractivity contribution in [2.24, 2.45) is 0 Å². The highest BCUT2D eigenvalue weighted by molar-refractivity contribution is 7.99. The van der Waals surface area contributed by atoms with E-state index in [2.05, 4.69) is 15.5 Å². The lowest BCUT2D eigenvalue weighted by molar-refractivity contribution is -0.128. The Morgan fingerprint density at radius 2 is 2.00 bits per heavy atom. The average Bonchev–Trinajstić information content (AvgIpc) is 3.21. The molecule has 29 heavy (non-hydrogen) atoms. The molecule has 9 nitrogen and oxygen atoms in total. The maximum absolute atomic E-state index is 12.5. The van der Waals surface area contributed by atoms with Gasteiger partial charge in [0.2, 0.25) is 11.1 Å². The summed E-state index contributed by atoms with van der Waals surface area (Å²) in [5, 5.41) is 21.5. The van der Waals surface area contributed by atoms with E-state index >= 15 is 0 Å². The third-order valence-electron chi connectivity index (χ3n) is 4.33. The SMILES string of the molecule is CN(C[C@H]1COc2ccccc2O1)C(=O)CSc1nnnn1-c1ccc(O)cc1. The van der Waals surface area contributed by atoms with Gasteiger partial charge in [-0.05, 0) is 46.8 Å². The number of aromatic hydroxyl groups is 1. The average molecular weight is 413 g/mol. The second-order valence-corrected chi connectivity index (χ2v) is 7.39. The topological polar surface area (TPSA) is 103 Å². The standard InChI is InChI=1S/C19H19N5O4S/c1-23(10-15-11-27-16-4-2-3-5-17(16)28-15)18(26)12-29-19-20-21-22-24(19)13-6-8-14(25)9-7-13/h2-9,15,25H,10-12H2,1H3/t15-/m0/s1. The van der Waals surface area contributed by atoms with Gasteiger partial charge in [-0.15, -0.1) is 5.10 Å². The summed E-state index contributed by atoms with van der Waals surface area (Å²) in [4.78, 5) is 14.2. The number of thioether (sulfide) groups is 1. The zero-order valence-electron chi connectivity index (χ0n) is 15.6. The molecule has 0 bridgehead atoms. The number of benzene rings is 2. The molecule has 0 saturated heterocycles. The first kappa shape index (κ1) is 19.1. The van der Waals surface area contributed by atoms with Gasteiger partial charge < -0.3 is 19.5 Å². The quantitative estimate of drug-likeness (QED) is 0.610. The molecule has 4 rings (SSSR count). The summed E-state index contributed by atoms with van der Waals surface area (Å²) in [6.45, 7) is 0.803. The minimum absolute atomic E-state index is 0.0716. The molecule has 0 spiro atoms. The highest BCUT2D eigenvalue weighted by Gasteiger charge is 2.24. The molecular weight excluding hydrogens is 394 g/mol. The van der Waals surface area contributed by atoms with Crippen molar-refractivity contribution in [3.05, 3.63) is 48.5 Å². The van der Waals surface area contributed by atoms with Crippen LogP contribution in [0.5, 0.6) is 17.2 Å². The number of phenols is 1. The van der Waals surface area contributed by atoms with Gasteiger partial charge in [-0.25, -0.2) is 0 Å². The lowest BCUT2D eigenvalue weighted by Crippen LogP contribution is -2.42. The summed E-state index contributed by atoms with van der Waals surface area (Å²) in [6, 6.07) is 14.0. The number of hydrogen-bond acceptors (Lipinski definition) is 8. The van der Waals surface area contributed by atoms with Crippen LogP contribution in [0.4, 0.5) is 0 Å². The monoisotopic (exact) mass is 413 g/mol. The fraction of sp³-hybridized carbons (Fsp3) is 0.263. The van der Waals surface area contributed by atoms with Gasteiger partial charge in [-0.3, -0.25) is 4.79 Å². The molecule has 3 aromatic rings. The van der Waals surface area contributed by atoms with E-state index in [1.54, 1.807) is 36.2 Å². The largest absolute Gasteiger partial charge is 0.508 e. The van der Waals surface area contributed by atoms with Crippen molar-refractivity contribution in [1.29, 1.82) is 0 Å². The van der Waals surface area contributed by atoms with E-state index in [1.807, 2.05) is 24.3 Å². The smallest absolute Gasteiger partial charge is 0.232 e. The lowest BCUT2D eigenvalue weighted by atomic mass is 10.2. The van der Waals surface area contributed by atoms with Crippen LogP contribution in [-0.2, 0) is 4.79 Å². The molecule has 0 aliphatic carbocycles. The van der Waals surface area contributed by atoms with Gasteiger partial charge in [0.25, 0.3) is 0 Å². The molecule has 150 valence electrons. The number of phenolic OH excluding ortho intramolecular Hbond substituents is 1. The normalized spacial score (nSPS) is 15.1. The fourth-order valence-corrected chi connectivity index (χ4v) is 3.65. The molecule has 1 atom stereocenters. The highest BCUT2D eigenvalue weighted by atomic mass is 32.2. The molecule has 1 aromatic heterocycles. The van der Waals surface area contributed by atoms with Crippen molar-refractivity contribution in [1.82, 2.24) is 25.1 Å². The van der Waals surface area contributed by atoms with E-state index < -0.39 is 0 Å². The number of fused-ring (bicyclic) bond motifs is 1. The van der Waals surface area contributed by atoms with Gasteiger partial charge in [-0.2, -0.15) is 4.68 Å². The molecule has 2 aromatic carbocycles. The van der Waals surface area contributed by atoms with E-state index in [1.165, 1.54) is 16.4 Å². The summed E-state index contributed by atoms with van der Waals surface area (Å²) in [7, 11) is 1.73. The molecule has 0 saturated carbocycles. The Hall–Kier alpha value is -3.27. The molecule has 0 fully saturated rings. The zero-order chi connectivity index (χ0) is 20.2. The Morgan fingerprint density at radius 1 is 1.24 bits per heavy atom. The van der Waals surface area contributed by atoms with Crippen LogP contribution in [0.1, 0.15) is 0 Å². The van der Waals surface area contributed by atoms with Crippen molar-refractivity contribution < 1.29 is 19.4 Å². The van der Waals surface area contributed by atoms with Crippen molar-refractivity contribution in [2.45, 2.75) is 11.3 Å². The fourth-order valence-electron chi connectivity index (χ4n) is 2.82. The predicted molar refractivity (Wildman–Crippen MR) is 106 cm³/mol. The molecule has 1 N–H and O–H groups in total. The molecule has 2 heterocycles. The van der Waals surface area contributed by atoms with E-state index in [9.17, 15) is 9.90 Å². The maximum Gasteiger partial charge on any atom is 0.232 e. The summed E-state index contributed by atoms with van der Waals surface area (Å²) in [5.74, 6) is 1.67. The van der Waals surface area contributed by atoms with Crippen LogP contribution in [0, 0.1) is 0 Å². The van der Waals surface area contributed by atoms with Gasteiger partial charge >= 0.3 is 0 Å². The number of likely N-dealkylation sites (N-methyl/N-ethyl adjacent to an activating group) is 1. The molecule has 10 heteroatoms. The number of hydrogen-bond donors (Lipinski definition) is 1. The summed E-state index contributed by atoms with van der Waals surface area (Å²) < 4.78 is 13.1. The first-order chi connectivity index (χ1) is 14.1. The molecule has 0 unspecified atom stereocenters.